The van der Waals surface area contributed by atoms with Crippen LogP contribution in [-0.4, -0.2) is 68.4 Å². The van der Waals surface area contributed by atoms with Gasteiger partial charge in [0.05, 0.1) is 33.2 Å². The average Bonchev–Trinajstić information content (AvgIpc) is 3.40. The number of aromatic nitrogens is 4. The van der Waals surface area contributed by atoms with Gasteiger partial charge in [-0.05, 0) is 42.3 Å². The standard InChI is InChI=1S/C30H37ClN4O6SSi/c1-39-24-10-8-11-25(40-2)28(24)35-29(22-9-7-12-27(32-22)41-3)33-34-30(35)26(17-18-43(4,5)6)42(37,38)19-23(36)20-13-15-21(31)16-14-20/h7-16,23,26,36H,17-19H2,1-6H3/t23-,26?/m1/s1. The van der Waals surface area contributed by atoms with Gasteiger partial charge >= 0.3 is 0 Å². The topological polar surface area (TPSA) is 126 Å². The summed E-state index contributed by atoms with van der Waals surface area (Å²) in [5.41, 5.74) is 1.29. The Hall–Kier alpha value is -3.45. The molecule has 13 heteroatoms. The number of pyridine rings is 1. The normalized spacial score (nSPS) is 13.4. The van der Waals surface area contributed by atoms with Gasteiger partial charge in [-0.3, -0.25) is 4.57 Å². The highest BCUT2D eigenvalue weighted by Gasteiger charge is 2.37. The minimum Gasteiger partial charge on any atom is -0.494 e. The van der Waals surface area contributed by atoms with Crippen LogP contribution in [0.4, 0.5) is 0 Å². The van der Waals surface area contributed by atoms with Crippen molar-refractivity contribution < 1.29 is 27.7 Å². The van der Waals surface area contributed by atoms with Crippen LogP contribution in [0, 0.1) is 0 Å². The second-order valence-corrected chi connectivity index (χ2v) is 19.6. The molecule has 0 aliphatic carbocycles. The van der Waals surface area contributed by atoms with Crippen LogP contribution < -0.4 is 14.2 Å². The summed E-state index contributed by atoms with van der Waals surface area (Å²) in [7, 11) is -1.19. The molecule has 0 saturated heterocycles. The van der Waals surface area contributed by atoms with Gasteiger partial charge in [-0.25, -0.2) is 13.4 Å². The van der Waals surface area contributed by atoms with Gasteiger partial charge < -0.3 is 19.3 Å². The van der Waals surface area contributed by atoms with E-state index in [2.05, 4.69) is 34.8 Å². The van der Waals surface area contributed by atoms with Crippen LogP contribution in [0.1, 0.15) is 29.2 Å². The molecule has 0 spiro atoms. The number of rotatable bonds is 13. The zero-order valence-electron chi connectivity index (χ0n) is 25.1. The van der Waals surface area contributed by atoms with E-state index in [0.717, 1.165) is 0 Å². The minimum absolute atomic E-state index is 0.170. The van der Waals surface area contributed by atoms with Gasteiger partial charge in [0.1, 0.15) is 28.1 Å². The van der Waals surface area contributed by atoms with E-state index in [1.165, 1.54) is 21.3 Å². The summed E-state index contributed by atoms with van der Waals surface area (Å²) >= 11 is 6.01. The molecule has 2 heterocycles. The Morgan fingerprint density at radius 1 is 0.907 bits per heavy atom. The Kier molecular flexibility index (Phi) is 10.2. The van der Waals surface area contributed by atoms with Crippen molar-refractivity contribution in [1.29, 1.82) is 0 Å². The van der Waals surface area contributed by atoms with E-state index >= 15 is 0 Å². The molecule has 0 fully saturated rings. The quantitative estimate of drug-likeness (QED) is 0.176. The number of methoxy groups -OCH3 is 3. The van der Waals surface area contributed by atoms with E-state index in [-0.39, 0.29) is 18.1 Å². The number of nitrogens with zero attached hydrogens (tertiary/aromatic N) is 4. The summed E-state index contributed by atoms with van der Waals surface area (Å²) in [4.78, 5) is 4.55. The van der Waals surface area contributed by atoms with Crippen molar-refractivity contribution in [1.82, 2.24) is 19.7 Å². The first kappa shape index (κ1) is 32.5. The smallest absolute Gasteiger partial charge is 0.213 e. The van der Waals surface area contributed by atoms with E-state index < -0.39 is 35.0 Å². The lowest BCUT2D eigenvalue weighted by Crippen LogP contribution is -2.27. The van der Waals surface area contributed by atoms with Crippen molar-refractivity contribution in [3.05, 3.63) is 77.1 Å². The molecule has 0 aliphatic rings. The monoisotopic (exact) mass is 644 g/mol. The summed E-state index contributed by atoms with van der Waals surface area (Å²) in [5.74, 6) is 1.13. The molecule has 4 aromatic rings. The van der Waals surface area contributed by atoms with Crippen LogP contribution in [0.15, 0.2) is 60.7 Å². The molecule has 0 saturated carbocycles. The summed E-state index contributed by atoms with van der Waals surface area (Å²) in [6.07, 6.45) is -0.986. The number of hydrogen-bond donors (Lipinski definition) is 1. The number of benzene rings is 2. The summed E-state index contributed by atoms with van der Waals surface area (Å²) in [6.45, 7) is 6.54. The van der Waals surface area contributed by atoms with Gasteiger partial charge in [-0.15, -0.1) is 10.2 Å². The molecule has 2 aromatic heterocycles. The molecule has 0 aliphatic heterocycles. The fourth-order valence-electron chi connectivity index (χ4n) is 4.75. The summed E-state index contributed by atoms with van der Waals surface area (Å²) < 4.78 is 47.0. The second kappa shape index (κ2) is 13.5. The predicted molar refractivity (Wildman–Crippen MR) is 170 cm³/mol. The average molecular weight is 645 g/mol. The largest absolute Gasteiger partial charge is 0.494 e. The summed E-state index contributed by atoms with van der Waals surface area (Å²) in [6, 6.07) is 17.7. The first-order chi connectivity index (χ1) is 20.4. The van der Waals surface area contributed by atoms with Gasteiger partial charge in [0, 0.05) is 19.2 Å². The van der Waals surface area contributed by atoms with E-state index in [9.17, 15) is 13.5 Å². The number of sulfone groups is 1. The molecule has 2 aromatic carbocycles. The lowest BCUT2D eigenvalue weighted by Gasteiger charge is -2.25. The summed E-state index contributed by atoms with van der Waals surface area (Å²) in [5, 5.41) is 19.4. The van der Waals surface area contributed by atoms with E-state index in [4.69, 9.17) is 25.8 Å². The lowest BCUT2D eigenvalue weighted by molar-refractivity contribution is 0.201. The van der Waals surface area contributed by atoms with Gasteiger partial charge in [0.15, 0.2) is 21.5 Å². The predicted octanol–water partition coefficient (Wildman–Crippen LogP) is 5.93. The maximum Gasteiger partial charge on any atom is 0.213 e. The number of halogens is 1. The Morgan fingerprint density at radius 2 is 1.53 bits per heavy atom. The van der Waals surface area contributed by atoms with Crippen LogP contribution in [0.25, 0.3) is 17.2 Å². The molecule has 1 unspecified atom stereocenters. The van der Waals surface area contributed by atoms with Crippen LogP contribution in [0.3, 0.4) is 0 Å². The number of ether oxygens (including phenoxy) is 3. The number of hydrogen-bond acceptors (Lipinski definition) is 9. The van der Waals surface area contributed by atoms with Crippen molar-refractivity contribution in [3.63, 3.8) is 0 Å². The fraction of sp³-hybridized carbons (Fsp3) is 0.367. The van der Waals surface area contributed by atoms with Crippen molar-refractivity contribution in [2.24, 2.45) is 0 Å². The molecule has 43 heavy (non-hydrogen) atoms. The van der Waals surface area contributed by atoms with Gasteiger partial charge in [0.25, 0.3) is 0 Å². The molecule has 10 nitrogen and oxygen atoms in total. The van der Waals surface area contributed by atoms with Crippen LogP contribution >= 0.6 is 11.6 Å². The molecule has 1 N–H and O–H groups in total. The zero-order chi connectivity index (χ0) is 31.4. The fourth-order valence-corrected chi connectivity index (χ4v) is 8.05. The maximum atomic E-state index is 14.3. The Labute approximate surface area is 258 Å². The third kappa shape index (κ3) is 7.56. The first-order valence-corrected chi connectivity index (χ1v) is 19.5. The van der Waals surface area contributed by atoms with Gasteiger partial charge in [-0.1, -0.05) is 61.6 Å². The molecular formula is C30H37ClN4O6SSi. The molecule has 0 radical (unpaired) electrons. The third-order valence-electron chi connectivity index (χ3n) is 7.00. The van der Waals surface area contributed by atoms with Crippen molar-refractivity contribution in [2.75, 3.05) is 27.1 Å². The molecule has 0 bridgehead atoms. The van der Waals surface area contributed by atoms with Crippen LogP contribution in [-0.2, 0) is 9.84 Å². The highest BCUT2D eigenvalue weighted by molar-refractivity contribution is 7.91. The minimum atomic E-state index is -4.02. The highest BCUT2D eigenvalue weighted by atomic mass is 35.5. The van der Waals surface area contributed by atoms with Crippen molar-refractivity contribution in [3.8, 4) is 34.6 Å². The SMILES string of the molecule is COc1cccc(-c2nnc(C(CC[Si](C)(C)C)S(=O)(=O)C[C@@H](O)c3ccc(Cl)cc3)n2-c2c(OC)cccc2OC)n1. The zero-order valence-corrected chi connectivity index (χ0v) is 27.7. The maximum absolute atomic E-state index is 14.3. The number of aliphatic hydroxyl groups is 1. The Balaban J connectivity index is 1.95. The van der Waals surface area contributed by atoms with E-state index in [1.54, 1.807) is 65.2 Å². The van der Waals surface area contributed by atoms with Crippen LogP contribution in [0.2, 0.25) is 30.7 Å². The van der Waals surface area contributed by atoms with Crippen molar-refractivity contribution in [2.45, 2.75) is 43.5 Å². The second-order valence-electron chi connectivity index (χ2n) is 11.3. The Morgan fingerprint density at radius 3 is 2.12 bits per heavy atom. The van der Waals surface area contributed by atoms with Crippen LogP contribution in [0.5, 0.6) is 17.4 Å². The molecule has 4 rings (SSSR count). The third-order valence-corrected chi connectivity index (χ3v) is 11.1. The van der Waals surface area contributed by atoms with Gasteiger partial charge in [-0.2, -0.15) is 0 Å². The Bertz CT molecular complexity index is 1640. The van der Waals surface area contributed by atoms with E-state index in [1.807, 2.05) is 0 Å². The molecule has 2 atom stereocenters. The highest BCUT2D eigenvalue weighted by Crippen LogP contribution is 2.41. The number of para-hydroxylation sites is 1. The van der Waals surface area contributed by atoms with E-state index in [0.29, 0.717) is 45.4 Å². The molecule has 230 valence electrons. The molecular weight excluding hydrogens is 608 g/mol. The molecule has 0 amide bonds. The van der Waals surface area contributed by atoms with Gasteiger partial charge in [0.2, 0.25) is 5.88 Å². The van der Waals surface area contributed by atoms with Crippen molar-refractivity contribution >= 4 is 29.5 Å². The number of aliphatic hydroxyl groups excluding tert-OH is 1. The first-order valence-electron chi connectivity index (χ1n) is 13.7. The lowest BCUT2D eigenvalue weighted by atomic mass is 10.1.